The number of phenols is 1. The number of benzene rings is 1. The minimum absolute atomic E-state index is 0. The summed E-state index contributed by atoms with van der Waals surface area (Å²) in [4.78, 5) is 9.54. The zero-order chi connectivity index (χ0) is 8.43. The first-order valence-electron chi connectivity index (χ1n) is 2.85. The Kier molecular flexibility index (Phi) is 4.02. The van der Waals surface area contributed by atoms with Crippen LogP contribution in [-0.4, -0.2) is 10.0 Å². The molecule has 0 unspecified atom stereocenters. The maximum atomic E-state index is 10.2. The van der Waals surface area contributed by atoms with Crippen LogP contribution in [0.4, 0.5) is 11.4 Å². The summed E-state index contributed by atoms with van der Waals surface area (Å²) in [5.41, 5.74) is 4.72. The van der Waals surface area contributed by atoms with E-state index in [1.54, 1.807) is 0 Å². The van der Waals surface area contributed by atoms with Gasteiger partial charge in [-0.05, 0) is 6.07 Å². The minimum atomic E-state index is -0.644. The number of anilines is 1. The Balaban J connectivity index is 0. The standard InChI is InChI=1S/C6H6N2O3.Na.H/c7-6-4(8(10)11)2-1-3-5(6)9;;/h1-3,9H,7H2;;/q;+1;-1. The number of nitro groups is 1. The van der Waals surface area contributed by atoms with Crippen molar-refractivity contribution in [3.8, 4) is 5.75 Å². The molecule has 0 aromatic heterocycles. The predicted octanol–water partition coefficient (Wildman–Crippen LogP) is -2.00. The van der Waals surface area contributed by atoms with Gasteiger partial charge in [-0.1, -0.05) is 6.07 Å². The van der Waals surface area contributed by atoms with Crippen molar-refractivity contribution in [2.45, 2.75) is 0 Å². The molecule has 0 bridgehead atoms. The molecule has 0 saturated heterocycles. The summed E-state index contributed by atoms with van der Waals surface area (Å²) >= 11 is 0. The van der Waals surface area contributed by atoms with Crippen LogP contribution in [0.1, 0.15) is 1.43 Å². The molecule has 0 fully saturated rings. The number of para-hydroxylation sites is 1. The third-order valence-electron chi connectivity index (χ3n) is 1.26. The van der Waals surface area contributed by atoms with Gasteiger partial charge in [-0.15, -0.1) is 0 Å². The smallest absolute Gasteiger partial charge is 1.00 e. The SMILES string of the molecule is Nc1c(O)cccc1[N+](=O)[O-].[H-].[Na+]. The second-order valence-electron chi connectivity index (χ2n) is 1.97. The first-order valence-corrected chi connectivity index (χ1v) is 2.85. The van der Waals surface area contributed by atoms with Crippen LogP contribution in [0.2, 0.25) is 0 Å². The molecule has 0 amide bonds. The molecule has 0 radical (unpaired) electrons. The third kappa shape index (κ3) is 2.10. The number of phenolic OH excluding ortho intramolecular Hbond substituents is 1. The molecule has 0 spiro atoms. The molecular formula is C6H7N2NaO3. The topological polar surface area (TPSA) is 89.4 Å². The van der Waals surface area contributed by atoms with Gasteiger partial charge < -0.3 is 12.3 Å². The molecule has 1 rings (SSSR count). The number of rotatable bonds is 1. The molecule has 3 N–H and O–H groups in total. The Morgan fingerprint density at radius 3 is 2.58 bits per heavy atom. The largest absolute Gasteiger partial charge is 1.00 e. The number of nitrogens with two attached hydrogens (primary N) is 1. The average Bonchev–Trinajstić information content (AvgIpc) is 1.94. The van der Waals surface area contributed by atoms with Gasteiger partial charge in [-0.2, -0.15) is 0 Å². The monoisotopic (exact) mass is 178 g/mol. The molecule has 0 aliphatic carbocycles. The van der Waals surface area contributed by atoms with Crippen LogP contribution in [0.15, 0.2) is 18.2 Å². The molecule has 6 heteroatoms. The van der Waals surface area contributed by atoms with Gasteiger partial charge in [0.15, 0.2) is 5.69 Å². The minimum Gasteiger partial charge on any atom is -1.00 e. The number of nitro benzene ring substituents is 1. The van der Waals surface area contributed by atoms with E-state index < -0.39 is 4.92 Å². The number of hydrogen-bond donors (Lipinski definition) is 2. The van der Waals surface area contributed by atoms with Crippen molar-refractivity contribution >= 4 is 11.4 Å². The van der Waals surface area contributed by atoms with Crippen LogP contribution in [0.3, 0.4) is 0 Å². The van der Waals surface area contributed by atoms with Gasteiger partial charge in [-0.25, -0.2) is 0 Å². The fourth-order valence-electron chi connectivity index (χ4n) is 0.700. The molecule has 1 aromatic carbocycles. The van der Waals surface area contributed by atoms with Crippen molar-refractivity contribution in [1.82, 2.24) is 0 Å². The van der Waals surface area contributed by atoms with E-state index in [9.17, 15) is 10.1 Å². The fraction of sp³-hybridized carbons (Fsp3) is 0. The summed E-state index contributed by atoms with van der Waals surface area (Å²) in [5, 5.41) is 19.1. The van der Waals surface area contributed by atoms with Crippen molar-refractivity contribution in [3.05, 3.63) is 28.3 Å². The van der Waals surface area contributed by atoms with Crippen LogP contribution < -0.4 is 35.3 Å². The van der Waals surface area contributed by atoms with Crippen LogP contribution >= 0.6 is 0 Å². The van der Waals surface area contributed by atoms with Crippen molar-refractivity contribution in [2.24, 2.45) is 0 Å². The van der Waals surface area contributed by atoms with Crippen molar-refractivity contribution in [1.29, 1.82) is 0 Å². The molecule has 0 heterocycles. The van der Waals surface area contributed by atoms with Gasteiger partial charge in [0, 0.05) is 6.07 Å². The van der Waals surface area contributed by atoms with E-state index in [2.05, 4.69) is 0 Å². The van der Waals surface area contributed by atoms with Gasteiger partial charge in [-0.3, -0.25) is 10.1 Å². The van der Waals surface area contributed by atoms with Crippen LogP contribution in [0, 0.1) is 10.1 Å². The van der Waals surface area contributed by atoms with Crippen molar-refractivity contribution in [2.75, 3.05) is 5.73 Å². The van der Waals surface area contributed by atoms with Crippen LogP contribution in [0.5, 0.6) is 5.75 Å². The third-order valence-corrected chi connectivity index (χ3v) is 1.26. The number of hydrogen-bond acceptors (Lipinski definition) is 4. The number of nitrogen functional groups attached to an aromatic ring is 1. The van der Waals surface area contributed by atoms with E-state index in [4.69, 9.17) is 10.8 Å². The van der Waals surface area contributed by atoms with E-state index >= 15 is 0 Å². The summed E-state index contributed by atoms with van der Waals surface area (Å²) in [6, 6.07) is 3.89. The molecule has 0 aliphatic heterocycles. The zero-order valence-electron chi connectivity index (χ0n) is 7.52. The fourth-order valence-corrected chi connectivity index (χ4v) is 0.700. The summed E-state index contributed by atoms with van der Waals surface area (Å²) in [7, 11) is 0. The van der Waals surface area contributed by atoms with Gasteiger partial charge in [0.05, 0.1) is 4.92 Å². The Bertz CT molecular complexity index is 308. The Morgan fingerprint density at radius 1 is 1.58 bits per heavy atom. The Labute approximate surface area is 92.1 Å². The molecule has 0 saturated carbocycles. The van der Waals surface area contributed by atoms with Crippen molar-refractivity contribution in [3.63, 3.8) is 0 Å². The first-order chi connectivity index (χ1) is 5.13. The number of nitrogens with zero attached hydrogens (tertiary/aromatic N) is 1. The molecule has 0 aliphatic rings. The normalized spacial score (nSPS) is 8.67. The predicted molar refractivity (Wildman–Crippen MR) is 40.3 cm³/mol. The average molecular weight is 178 g/mol. The second-order valence-corrected chi connectivity index (χ2v) is 1.97. The molecule has 12 heavy (non-hydrogen) atoms. The van der Waals surface area contributed by atoms with E-state index in [1.165, 1.54) is 18.2 Å². The quantitative estimate of drug-likeness (QED) is 0.171. The van der Waals surface area contributed by atoms with E-state index in [0.717, 1.165) is 0 Å². The molecule has 5 nitrogen and oxygen atoms in total. The summed E-state index contributed by atoms with van der Waals surface area (Å²) in [6.07, 6.45) is 0. The second kappa shape index (κ2) is 4.30. The Hall–Kier alpha value is -0.780. The van der Waals surface area contributed by atoms with Gasteiger partial charge in [0.25, 0.3) is 5.69 Å². The van der Waals surface area contributed by atoms with E-state index in [-0.39, 0.29) is 48.1 Å². The van der Waals surface area contributed by atoms with Crippen LogP contribution in [-0.2, 0) is 0 Å². The molecule has 1 aromatic rings. The Morgan fingerprint density at radius 2 is 2.17 bits per heavy atom. The molecule has 0 atom stereocenters. The van der Waals surface area contributed by atoms with Gasteiger partial charge in [0.2, 0.25) is 0 Å². The van der Waals surface area contributed by atoms with Crippen LogP contribution in [0.25, 0.3) is 0 Å². The summed E-state index contributed by atoms with van der Waals surface area (Å²) < 4.78 is 0. The summed E-state index contributed by atoms with van der Waals surface area (Å²) in [5.74, 6) is -0.265. The van der Waals surface area contributed by atoms with E-state index in [1.807, 2.05) is 0 Å². The first kappa shape index (κ1) is 11.2. The van der Waals surface area contributed by atoms with E-state index in [0.29, 0.717) is 0 Å². The van der Waals surface area contributed by atoms with Gasteiger partial charge >= 0.3 is 29.6 Å². The molecular weight excluding hydrogens is 171 g/mol. The zero-order valence-corrected chi connectivity index (χ0v) is 8.52. The maximum Gasteiger partial charge on any atom is 1.00 e. The van der Waals surface area contributed by atoms with Crippen molar-refractivity contribution < 1.29 is 41.0 Å². The number of aromatic hydroxyl groups is 1. The van der Waals surface area contributed by atoms with Gasteiger partial charge in [0.1, 0.15) is 5.75 Å². The summed E-state index contributed by atoms with van der Waals surface area (Å²) in [6.45, 7) is 0. The molecule has 60 valence electrons. The maximum absolute atomic E-state index is 10.2.